The van der Waals surface area contributed by atoms with E-state index in [1.165, 1.54) is 12.1 Å². The monoisotopic (exact) mass is 295 g/mol. The molecule has 1 heterocycles. The summed E-state index contributed by atoms with van der Waals surface area (Å²) >= 11 is 3.33. The van der Waals surface area contributed by atoms with Gasteiger partial charge in [-0.05, 0) is 24.6 Å². The van der Waals surface area contributed by atoms with Crippen LogP contribution in [-0.2, 0) is 6.54 Å². The fourth-order valence-corrected chi connectivity index (χ4v) is 2.00. The first-order valence-electron chi connectivity index (χ1n) is 4.99. The normalized spacial score (nSPS) is 10.5. The second-order valence-electron chi connectivity index (χ2n) is 3.69. The van der Waals surface area contributed by atoms with Crippen LogP contribution in [0.4, 0.5) is 5.69 Å². The van der Waals surface area contributed by atoms with Gasteiger partial charge in [-0.1, -0.05) is 15.9 Å². The molecule has 2 rings (SSSR count). The lowest BCUT2D eigenvalue weighted by Gasteiger charge is -2.04. The molecule has 0 amide bonds. The average Bonchev–Trinajstić information content (AvgIpc) is 2.67. The molecule has 0 aliphatic rings. The van der Waals surface area contributed by atoms with Crippen molar-refractivity contribution in [3.8, 4) is 0 Å². The van der Waals surface area contributed by atoms with Gasteiger partial charge in [0, 0.05) is 22.8 Å². The maximum absolute atomic E-state index is 10.6. The van der Waals surface area contributed by atoms with E-state index < -0.39 is 4.92 Å². The van der Waals surface area contributed by atoms with Crippen molar-refractivity contribution in [2.75, 3.05) is 0 Å². The predicted molar refractivity (Wildman–Crippen MR) is 66.9 cm³/mol. The molecule has 0 radical (unpaired) electrons. The lowest BCUT2D eigenvalue weighted by atomic mass is 10.2. The van der Waals surface area contributed by atoms with Crippen molar-refractivity contribution in [2.45, 2.75) is 13.5 Å². The zero-order valence-corrected chi connectivity index (χ0v) is 10.7. The number of nitro groups is 1. The molecule has 0 aliphatic heterocycles. The summed E-state index contributed by atoms with van der Waals surface area (Å²) in [5.74, 6) is 0. The number of nitrogens with zero attached hydrogens (tertiary/aromatic N) is 3. The fraction of sp³-hybridized carbons (Fsp3) is 0.182. The minimum absolute atomic E-state index is 0.0808. The summed E-state index contributed by atoms with van der Waals surface area (Å²) in [5.41, 5.74) is 1.99. The van der Waals surface area contributed by atoms with Crippen molar-refractivity contribution in [2.24, 2.45) is 0 Å². The van der Waals surface area contributed by atoms with Gasteiger partial charge in [0.15, 0.2) is 0 Å². The molecule has 0 bridgehead atoms. The molecule has 0 atom stereocenters. The number of hydrogen-bond acceptors (Lipinski definition) is 3. The van der Waals surface area contributed by atoms with Gasteiger partial charge < -0.3 is 0 Å². The second kappa shape index (κ2) is 4.67. The Labute approximate surface area is 106 Å². The van der Waals surface area contributed by atoms with E-state index in [9.17, 15) is 10.1 Å². The molecule has 5 nitrogen and oxygen atoms in total. The number of hydrogen-bond donors (Lipinski definition) is 0. The third-order valence-electron chi connectivity index (χ3n) is 2.35. The highest BCUT2D eigenvalue weighted by molar-refractivity contribution is 9.10. The first kappa shape index (κ1) is 11.8. The van der Waals surface area contributed by atoms with Crippen molar-refractivity contribution in [3.05, 3.63) is 56.3 Å². The molecule has 0 saturated carbocycles. The minimum Gasteiger partial charge on any atom is -0.268 e. The number of non-ortho nitro benzene ring substituents is 1. The topological polar surface area (TPSA) is 61.0 Å². The third kappa shape index (κ3) is 2.71. The molecule has 0 spiro atoms. The Morgan fingerprint density at radius 1 is 1.47 bits per heavy atom. The quantitative estimate of drug-likeness (QED) is 0.646. The summed E-state index contributed by atoms with van der Waals surface area (Å²) in [6.07, 6.45) is 1.88. The zero-order chi connectivity index (χ0) is 12.4. The molecule has 1 aromatic heterocycles. The largest absolute Gasteiger partial charge is 0.270 e. The van der Waals surface area contributed by atoms with Gasteiger partial charge in [0.05, 0.1) is 17.2 Å². The Hall–Kier alpha value is -1.69. The summed E-state index contributed by atoms with van der Waals surface area (Å²) in [5, 5.41) is 14.9. The predicted octanol–water partition coefficient (Wildman–Crippen LogP) is 2.91. The van der Waals surface area contributed by atoms with Gasteiger partial charge in [0.2, 0.25) is 0 Å². The summed E-state index contributed by atoms with van der Waals surface area (Å²) in [6, 6.07) is 6.65. The smallest absolute Gasteiger partial charge is 0.268 e. The maximum Gasteiger partial charge on any atom is 0.270 e. The number of nitro benzene ring substituents is 1. The molecular formula is C11H10BrN3O2. The van der Waals surface area contributed by atoms with E-state index in [1.54, 1.807) is 10.7 Å². The van der Waals surface area contributed by atoms with Gasteiger partial charge in [-0.2, -0.15) is 5.10 Å². The van der Waals surface area contributed by atoms with Crippen LogP contribution in [0.15, 0.2) is 34.9 Å². The Kier molecular flexibility index (Phi) is 3.23. The first-order chi connectivity index (χ1) is 8.06. The SMILES string of the molecule is Cc1ccn(Cc2ccc([N+](=O)[O-])cc2Br)n1. The summed E-state index contributed by atoms with van der Waals surface area (Å²) in [7, 11) is 0. The Bertz CT molecular complexity index is 566. The van der Waals surface area contributed by atoms with Crippen molar-refractivity contribution < 1.29 is 4.92 Å². The van der Waals surface area contributed by atoms with Crippen molar-refractivity contribution >= 4 is 21.6 Å². The highest BCUT2D eigenvalue weighted by Crippen LogP contribution is 2.23. The van der Waals surface area contributed by atoms with Crippen molar-refractivity contribution in [1.82, 2.24) is 9.78 Å². The third-order valence-corrected chi connectivity index (χ3v) is 3.09. The summed E-state index contributed by atoms with van der Waals surface area (Å²) < 4.78 is 2.52. The molecule has 2 aromatic rings. The molecule has 17 heavy (non-hydrogen) atoms. The van der Waals surface area contributed by atoms with Gasteiger partial charge in [-0.3, -0.25) is 14.8 Å². The van der Waals surface area contributed by atoms with E-state index in [4.69, 9.17) is 0 Å². The summed E-state index contributed by atoms with van der Waals surface area (Å²) in [4.78, 5) is 10.2. The van der Waals surface area contributed by atoms with Crippen LogP contribution >= 0.6 is 15.9 Å². The maximum atomic E-state index is 10.6. The zero-order valence-electron chi connectivity index (χ0n) is 9.13. The van der Waals surface area contributed by atoms with Gasteiger partial charge in [-0.25, -0.2) is 0 Å². The van der Waals surface area contributed by atoms with E-state index >= 15 is 0 Å². The van der Waals surface area contributed by atoms with E-state index in [2.05, 4.69) is 21.0 Å². The van der Waals surface area contributed by atoms with Crippen molar-refractivity contribution in [1.29, 1.82) is 0 Å². The van der Waals surface area contributed by atoms with Crippen LogP contribution in [-0.4, -0.2) is 14.7 Å². The Morgan fingerprint density at radius 3 is 2.76 bits per heavy atom. The van der Waals surface area contributed by atoms with E-state index in [-0.39, 0.29) is 5.69 Å². The number of aromatic nitrogens is 2. The number of halogens is 1. The highest BCUT2D eigenvalue weighted by Gasteiger charge is 2.09. The molecule has 0 unspecified atom stereocenters. The van der Waals surface area contributed by atoms with Crippen LogP contribution in [0, 0.1) is 17.0 Å². The lowest BCUT2D eigenvalue weighted by molar-refractivity contribution is -0.384. The van der Waals surface area contributed by atoms with Gasteiger partial charge in [-0.15, -0.1) is 0 Å². The molecule has 0 N–H and O–H groups in total. The van der Waals surface area contributed by atoms with E-state index in [0.29, 0.717) is 6.54 Å². The molecular weight excluding hydrogens is 286 g/mol. The average molecular weight is 296 g/mol. The standard InChI is InChI=1S/C11H10BrN3O2/c1-8-4-5-14(13-8)7-9-2-3-10(15(16)17)6-11(9)12/h2-6H,7H2,1H3. The number of benzene rings is 1. The van der Waals surface area contributed by atoms with Crippen LogP contribution in [0.2, 0.25) is 0 Å². The molecule has 88 valence electrons. The minimum atomic E-state index is -0.410. The van der Waals surface area contributed by atoms with Crippen LogP contribution in [0.25, 0.3) is 0 Å². The van der Waals surface area contributed by atoms with E-state index in [1.807, 2.05) is 19.2 Å². The molecule has 0 fully saturated rings. The first-order valence-corrected chi connectivity index (χ1v) is 5.78. The van der Waals surface area contributed by atoms with Crippen LogP contribution in [0.5, 0.6) is 0 Å². The van der Waals surface area contributed by atoms with E-state index in [0.717, 1.165) is 15.7 Å². The molecule has 0 aliphatic carbocycles. The highest BCUT2D eigenvalue weighted by atomic mass is 79.9. The number of rotatable bonds is 3. The van der Waals surface area contributed by atoms with Crippen LogP contribution in [0.3, 0.4) is 0 Å². The lowest BCUT2D eigenvalue weighted by Crippen LogP contribution is -2.01. The summed E-state index contributed by atoms with van der Waals surface area (Å²) in [6.45, 7) is 2.51. The van der Waals surface area contributed by atoms with Crippen LogP contribution < -0.4 is 0 Å². The Morgan fingerprint density at radius 2 is 2.24 bits per heavy atom. The van der Waals surface area contributed by atoms with Gasteiger partial charge >= 0.3 is 0 Å². The molecule has 6 heteroatoms. The second-order valence-corrected chi connectivity index (χ2v) is 4.54. The Balaban J connectivity index is 2.25. The van der Waals surface area contributed by atoms with Gasteiger partial charge in [0.25, 0.3) is 5.69 Å². The van der Waals surface area contributed by atoms with Crippen molar-refractivity contribution in [3.63, 3.8) is 0 Å². The number of aryl methyl sites for hydroxylation is 1. The van der Waals surface area contributed by atoms with Gasteiger partial charge in [0.1, 0.15) is 0 Å². The van der Waals surface area contributed by atoms with Crippen LogP contribution in [0.1, 0.15) is 11.3 Å². The molecule has 0 saturated heterocycles. The molecule has 1 aromatic carbocycles. The fourth-order valence-electron chi connectivity index (χ4n) is 1.50.